The highest BCUT2D eigenvalue weighted by Gasteiger charge is 2.33. The van der Waals surface area contributed by atoms with Crippen molar-refractivity contribution in [3.63, 3.8) is 0 Å². The fourth-order valence-corrected chi connectivity index (χ4v) is 3.85. The van der Waals surface area contributed by atoms with E-state index in [2.05, 4.69) is 16.4 Å². The summed E-state index contributed by atoms with van der Waals surface area (Å²) < 4.78 is 23.6. The number of nitriles is 2. The fourth-order valence-electron chi connectivity index (χ4n) is 3.85. The summed E-state index contributed by atoms with van der Waals surface area (Å²) in [6, 6.07) is 21.7. The number of pyridine rings is 1. The maximum absolute atomic E-state index is 13.2. The van der Waals surface area contributed by atoms with Crippen LogP contribution in [0.15, 0.2) is 66.9 Å². The maximum Gasteiger partial charge on any atom is 0.263 e. The van der Waals surface area contributed by atoms with Gasteiger partial charge in [0, 0.05) is 24.2 Å². The van der Waals surface area contributed by atoms with E-state index >= 15 is 0 Å². The monoisotopic (exact) mass is 500 g/mol. The summed E-state index contributed by atoms with van der Waals surface area (Å²) in [4.78, 5) is 17.3. The van der Waals surface area contributed by atoms with Crippen LogP contribution in [0, 0.1) is 22.7 Å². The predicted molar refractivity (Wildman–Crippen MR) is 137 cm³/mol. The van der Waals surface area contributed by atoms with Crippen molar-refractivity contribution in [2.45, 2.75) is 44.8 Å². The van der Waals surface area contributed by atoms with Gasteiger partial charge in [-0.25, -0.2) is 9.37 Å². The number of halogens is 1. The van der Waals surface area contributed by atoms with Crippen LogP contribution < -0.4 is 14.8 Å². The number of benzene rings is 2. The van der Waals surface area contributed by atoms with E-state index in [1.807, 2.05) is 43.3 Å². The number of aromatic nitrogens is 1. The van der Waals surface area contributed by atoms with Gasteiger partial charge < -0.3 is 14.8 Å². The Labute approximate surface area is 216 Å². The van der Waals surface area contributed by atoms with Crippen LogP contribution >= 0.6 is 0 Å². The second-order valence-electron chi connectivity index (χ2n) is 9.10. The Morgan fingerprint density at radius 3 is 2.43 bits per heavy atom. The van der Waals surface area contributed by atoms with Gasteiger partial charge in [-0.1, -0.05) is 24.3 Å². The van der Waals surface area contributed by atoms with Gasteiger partial charge in [0.05, 0.1) is 17.2 Å². The molecule has 0 aliphatic rings. The van der Waals surface area contributed by atoms with Gasteiger partial charge in [0.25, 0.3) is 5.91 Å². The first-order valence-corrected chi connectivity index (χ1v) is 11.9. The Morgan fingerprint density at radius 2 is 1.81 bits per heavy atom. The van der Waals surface area contributed by atoms with E-state index in [1.165, 1.54) is 6.20 Å². The molecule has 0 radical (unpaired) electrons. The van der Waals surface area contributed by atoms with Crippen molar-refractivity contribution in [2.75, 3.05) is 13.3 Å². The number of nitrogens with zero attached hydrogens (tertiary/aromatic N) is 3. The molecule has 1 heterocycles. The van der Waals surface area contributed by atoms with Gasteiger partial charge in [0.15, 0.2) is 5.60 Å². The second kappa shape index (κ2) is 12.5. The summed E-state index contributed by atoms with van der Waals surface area (Å²) in [5, 5.41) is 21.4. The minimum atomic E-state index is -1.23. The molecule has 1 amide bonds. The molecule has 37 heavy (non-hydrogen) atoms. The van der Waals surface area contributed by atoms with E-state index < -0.39 is 12.3 Å². The molecule has 3 rings (SSSR count). The minimum Gasteiger partial charge on any atom is -0.491 e. The molecule has 2 aromatic carbocycles. The first-order valence-electron chi connectivity index (χ1n) is 11.9. The van der Waals surface area contributed by atoms with Gasteiger partial charge >= 0.3 is 0 Å². The molecule has 0 saturated carbocycles. The van der Waals surface area contributed by atoms with Crippen molar-refractivity contribution in [1.82, 2.24) is 10.3 Å². The van der Waals surface area contributed by atoms with Crippen LogP contribution in [0.3, 0.4) is 0 Å². The molecule has 1 aromatic heterocycles. The van der Waals surface area contributed by atoms with Crippen molar-refractivity contribution in [3.05, 3.63) is 89.1 Å². The normalized spacial score (nSPS) is 12.5. The van der Waals surface area contributed by atoms with Crippen molar-refractivity contribution in [1.29, 1.82) is 10.5 Å². The number of hydrogen-bond acceptors (Lipinski definition) is 6. The number of carbonyl (C=O) groups excluding carboxylic acids is 1. The third-order valence-corrected chi connectivity index (χ3v) is 5.90. The predicted octanol–water partition coefficient (Wildman–Crippen LogP) is 4.86. The van der Waals surface area contributed by atoms with E-state index in [1.54, 1.807) is 44.2 Å². The number of nitrogens with one attached hydrogen (secondary N) is 1. The fraction of sp³-hybridized carbons (Fsp3) is 0.310. The lowest BCUT2D eigenvalue weighted by Crippen LogP contribution is -2.51. The smallest absolute Gasteiger partial charge is 0.263 e. The standard InChI is InChI=1S/C29H29FN4O3/c1-20(34-28(35)29(2,3)37-27-12-9-23(18-32)19-33-27)26(24-6-4-5-22(15-24)17-31)16-21-7-10-25(11-8-21)36-14-13-30/h4-12,15,19-20,26H,13-14,16H2,1-3H3,(H,34,35). The zero-order chi connectivity index (χ0) is 26.8. The summed E-state index contributed by atoms with van der Waals surface area (Å²) in [5.74, 6) is 0.336. The number of amides is 1. The topological polar surface area (TPSA) is 108 Å². The molecule has 3 aromatic rings. The van der Waals surface area contributed by atoms with E-state index in [0.29, 0.717) is 23.3 Å². The molecule has 7 nitrogen and oxygen atoms in total. The van der Waals surface area contributed by atoms with Gasteiger partial charge in [-0.15, -0.1) is 0 Å². The highest BCUT2D eigenvalue weighted by molar-refractivity contribution is 5.85. The van der Waals surface area contributed by atoms with E-state index in [9.17, 15) is 14.4 Å². The molecule has 2 unspecified atom stereocenters. The van der Waals surface area contributed by atoms with Gasteiger partial charge in [0.1, 0.15) is 25.1 Å². The quantitative estimate of drug-likeness (QED) is 0.403. The summed E-state index contributed by atoms with van der Waals surface area (Å²) in [6.45, 7) is 4.66. The highest BCUT2D eigenvalue weighted by atomic mass is 19.1. The Bertz CT molecular complexity index is 1280. The number of rotatable bonds is 11. The third kappa shape index (κ3) is 7.52. The zero-order valence-electron chi connectivity index (χ0n) is 21.1. The van der Waals surface area contributed by atoms with Crippen molar-refractivity contribution in [2.24, 2.45) is 0 Å². The molecule has 0 saturated heterocycles. The van der Waals surface area contributed by atoms with Crippen LogP contribution in [0.2, 0.25) is 0 Å². The Balaban J connectivity index is 1.79. The molecule has 190 valence electrons. The molecule has 0 aliphatic carbocycles. The van der Waals surface area contributed by atoms with Crippen LogP contribution in [0.25, 0.3) is 0 Å². The molecular weight excluding hydrogens is 471 g/mol. The van der Waals surface area contributed by atoms with Crippen LogP contribution in [-0.4, -0.2) is 35.8 Å². The molecule has 8 heteroatoms. The number of hydrogen-bond donors (Lipinski definition) is 1. The van der Waals surface area contributed by atoms with Gasteiger partial charge in [-0.2, -0.15) is 10.5 Å². The van der Waals surface area contributed by atoms with Crippen molar-refractivity contribution in [3.8, 4) is 23.8 Å². The zero-order valence-corrected chi connectivity index (χ0v) is 21.1. The lowest BCUT2D eigenvalue weighted by atomic mass is 9.85. The van der Waals surface area contributed by atoms with Crippen LogP contribution in [0.4, 0.5) is 4.39 Å². The van der Waals surface area contributed by atoms with Crippen LogP contribution in [0.5, 0.6) is 11.6 Å². The molecule has 2 atom stereocenters. The molecule has 0 spiro atoms. The summed E-state index contributed by atoms with van der Waals surface area (Å²) in [7, 11) is 0. The first-order chi connectivity index (χ1) is 17.7. The molecule has 0 fully saturated rings. The number of alkyl halides is 1. The third-order valence-electron chi connectivity index (χ3n) is 5.90. The molecule has 0 aliphatic heterocycles. The Morgan fingerprint density at radius 1 is 1.08 bits per heavy atom. The highest BCUT2D eigenvalue weighted by Crippen LogP contribution is 2.27. The van der Waals surface area contributed by atoms with E-state index in [4.69, 9.17) is 14.7 Å². The minimum absolute atomic E-state index is 0.00182. The second-order valence-corrected chi connectivity index (χ2v) is 9.10. The van der Waals surface area contributed by atoms with Crippen LogP contribution in [0.1, 0.15) is 48.9 Å². The summed E-state index contributed by atoms with van der Waals surface area (Å²) in [5.41, 5.74) is 1.61. The molecule has 1 N–H and O–H groups in total. The number of ether oxygens (including phenoxy) is 2. The molecular formula is C29H29FN4O3. The summed E-state index contributed by atoms with van der Waals surface area (Å²) >= 11 is 0. The number of carbonyl (C=O) groups is 1. The average Bonchev–Trinajstić information content (AvgIpc) is 2.91. The van der Waals surface area contributed by atoms with Crippen LogP contribution in [-0.2, 0) is 11.2 Å². The molecule has 0 bridgehead atoms. The van der Waals surface area contributed by atoms with Gasteiger partial charge in [-0.05, 0) is 68.7 Å². The van der Waals surface area contributed by atoms with E-state index in [-0.39, 0.29) is 30.4 Å². The average molecular weight is 501 g/mol. The Hall–Kier alpha value is -4.43. The largest absolute Gasteiger partial charge is 0.491 e. The SMILES string of the molecule is CC(NC(=O)C(C)(C)Oc1ccc(C#N)cn1)C(Cc1ccc(OCCF)cc1)c1cccc(C#N)c1. The maximum atomic E-state index is 13.2. The lowest BCUT2D eigenvalue weighted by Gasteiger charge is -2.30. The van der Waals surface area contributed by atoms with Gasteiger partial charge in [0.2, 0.25) is 5.88 Å². The summed E-state index contributed by atoms with van der Waals surface area (Å²) in [6.07, 6.45) is 1.97. The first kappa shape index (κ1) is 27.2. The lowest BCUT2D eigenvalue weighted by molar-refractivity contribution is -0.135. The van der Waals surface area contributed by atoms with Gasteiger partial charge in [-0.3, -0.25) is 4.79 Å². The van der Waals surface area contributed by atoms with E-state index in [0.717, 1.165) is 11.1 Å². The van der Waals surface area contributed by atoms with Crippen molar-refractivity contribution >= 4 is 5.91 Å². The Kier molecular flexibility index (Phi) is 9.18. The van der Waals surface area contributed by atoms with Crippen molar-refractivity contribution < 1.29 is 18.7 Å².